The molecule has 3 atom stereocenters. The van der Waals surface area contributed by atoms with Crippen LogP contribution in [0.15, 0.2) is 22.7 Å². The first-order valence-corrected chi connectivity index (χ1v) is 12.4. The molecule has 1 saturated heterocycles. The van der Waals surface area contributed by atoms with Gasteiger partial charge in [-0.05, 0) is 44.4 Å². The number of hydrogen-bond donors (Lipinski definition) is 1. The Kier molecular flexibility index (Phi) is 7.66. The number of methoxy groups -OCH3 is 1. The SMILES string of the molecule is COC(c1cc(Cl)c2c(c1Cl)C(=O)N(CC1C(=O)N=C(C)C=C1C)CC2)C1CCN(C(=O)CO)C1. The second-order valence-corrected chi connectivity index (χ2v) is 10.1. The van der Waals surface area contributed by atoms with E-state index < -0.39 is 18.6 Å². The molecule has 188 valence electrons. The molecular formula is C25H29Cl2N3O5. The number of carbonyl (C=O) groups excluding carboxylic acids is 3. The lowest BCUT2D eigenvalue weighted by atomic mass is 9.88. The van der Waals surface area contributed by atoms with Crippen molar-refractivity contribution in [2.24, 2.45) is 16.8 Å². The zero-order chi connectivity index (χ0) is 25.4. The van der Waals surface area contributed by atoms with Gasteiger partial charge in [0, 0.05) is 55.5 Å². The number of ether oxygens (including phenoxy) is 1. The van der Waals surface area contributed by atoms with Gasteiger partial charge in [-0.25, -0.2) is 4.99 Å². The van der Waals surface area contributed by atoms with Crippen molar-refractivity contribution < 1.29 is 24.2 Å². The van der Waals surface area contributed by atoms with Crippen molar-refractivity contribution in [2.75, 3.05) is 39.9 Å². The van der Waals surface area contributed by atoms with E-state index in [0.29, 0.717) is 59.9 Å². The summed E-state index contributed by atoms with van der Waals surface area (Å²) >= 11 is 13.5. The first kappa shape index (κ1) is 25.8. The second kappa shape index (κ2) is 10.4. The van der Waals surface area contributed by atoms with Gasteiger partial charge in [0.1, 0.15) is 6.61 Å². The molecule has 1 N–H and O–H groups in total. The molecule has 3 unspecified atom stereocenters. The van der Waals surface area contributed by atoms with Gasteiger partial charge in [0.05, 0.1) is 22.6 Å². The van der Waals surface area contributed by atoms with Gasteiger partial charge in [-0.3, -0.25) is 14.4 Å². The van der Waals surface area contributed by atoms with Gasteiger partial charge in [-0.1, -0.05) is 28.8 Å². The number of halogens is 2. The molecule has 10 heteroatoms. The van der Waals surface area contributed by atoms with Crippen LogP contribution in [0, 0.1) is 11.8 Å². The fourth-order valence-corrected chi connectivity index (χ4v) is 5.99. The lowest BCUT2D eigenvalue weighted by Crippen LogP contribution is -2.43. The number of rotatable bonds is 6. The molecule has 0 aromatic heterocycles. The number of amides is 3. The molecule has 1 fully saturated rings. The maximum absolute atomic E-state index is 13.6. The summed E-state index contributed by atoms with van der Waals surface area (Å²) in [5, 5.41) is 9.92. The van der Waals surface area contributed by atoms with Crippen molar-refractivity contribution in [3.8, 4) is 0 Å². The molecule has 1 aromatic carbocycles. The van der Waals surface area contributed by atoms with Crippen LogP contribution in [0.5, 0.6) is 0 Å². The molecule has 8 nitrogen and oxygen atoms in total. The van der Waals surface area contributed by atoms with E-state index in [1.807, 2.05) is 13.0 Å². The normalized spacial score (nSPS) is 23.3. The van der Waals surface area contributed by atoms with Crippen LogP contribution in [0.4, 0.5) is 0 Å². The Labute approximate surface area is 214 Å². The summed E-state index contributed by atoms with van der Waals surface area (Å²) in [6.07, 6.45) is 2.58. The number of fused-ring (bicyclic) bond motifs is 1. The molecule has 4 rings (SSSR count). The van der Waals surface area contributed by atoms with Crippen molar-refractivity contribution in [2.45, 2.75) is 32.8 Å². The molecule has 1 aromatic rings. The summed E-state index contributed by atoms with van der Waals surface area (Å²) in [6, 6.07) is 1.76. The summed E-state index contributed by atoms with van der Waals surface area (Å²) < 4.78 is 5.80. The lowest BCUT2D eigenvalue weighted by Gasteiger charge is -2.34. The number of allylic oxidation sites excluding steroid dienone is 1. The Morgan fingerprint density at radius 3 is 2.69 bits per heavy atom. The van der Waals surface area contributed by atoms with Crippen molar-refractivity contribution in [1.29, 1.82) is 0 Å². The number of nitrogens with zero attached hydrogens (tertiary/aromatic N) is 3. The van der Waals surface area contributed by atoms with Crippen LogP contribution < -0.4 is 0 Å². The van der Waals surface area contributed by atoms with E-state index in [4.69, 9.17) is 27.9 Å². The smallest absolute Gasteiger partial charge is 0.255 e. The minimum absolute atomic E-state index is 0.0642. The zero-order valence-electron chi connectivity index (χ0n) is 20.0. The largest absolute Gasteiger partial charge is 0.387 e. The third-order valence-corrected chi connectivity index (χ3v) is 7.90. The molecule has 0 saturated carbocycles. The van der Waals surface area contributed by atoms with E-state index in [1.54, 1.807) is 29.9 Å². The highest BCUT2D eigenvalue weighted by atomic mass is 35.5. The maximum Gasteiger partial charge on any atom is 0.255 e. The van der Waals surface area contributed by atoms with Crippen LogP contribution in [0.3, 0.4) is 0 Å². The predicted molar refractivity (Wildman–Crippen MR) is 133 cm³/mol. The highest BCUT2D eigenvalue weighted by Crippen LogP contribution is 2.42. The van der Waals surface area contributed by atoms with E-state index in [9.17, 15) is 19.5 Å². The van der Waals surface area contributed by atoms with Crippen LogP contribution in [0.2, 0.25) is 10.0 Å². The molecule has 0 radical (unpaired) electrons. The molecule has 3 aliphatic heterocycles. The van der Waals surface area contributed by atoms with Gasteiger partial charge in [0.2, 0.25) is 5.91 Å². The molecule has 0 bridgehead atoms. The van der Waals surface area contributed by atoms with E-state index in [1.165, 1.54) is 0 Å². The van der Waals surface area contributed by atoms with E-state index >= 15 is 0 Å². The van der Waals surface area contributed by atoms with Gasteiger partial charge in [-0.15, -0.1) is 0 Å². The average Bonchev–Trinajstić information content (AvgIpc) is 3.30. The van der Waals surface area contributed by atoms with Crippen LogP contribution >= 0.6 is 23.2 Å². The summed E-state index contributed by atoms with van der Waals surface area (Å²) in [6.45, 7) is 4.69. The van der Waals surface area contributed by atoms with Crippen LogP contribution in [0.1, 0.15) is 47.9 Å². The number of carbonyl (C=O) groups is 3. The molecule has 0 aliphatic carbocycles. The topological polar surface area (TPSA) is 99.5 Å². The Morgan fingerprint density at radius 1 is 1.29 bits per heavy atom. The van der Waals surface area contributed by atoms with Gasteiger partial charge in [-0.2, -0.15) is 0 Å². The van der Waals surface area contributed by atoms with E-state index in [-0.39, 0.29) is 35.2 Å². The predicted octanol–water partition coefficient (Wildman–Crippen LogP) is 3.08. The molecule has 35 heavy (non-hydrogen) atoms. The monoisotopic (exact) mass is 521 g/mol. The number of benzene rings is 1. The number of aliphatic imine (C=N–C) groups is 1. The summed E-state index contributed by atoms with van der Waals surface area (Å²) in [7, 11) is 1.56. The molecule has 3 heterocycles. The quantitative estimate of drug-likeness (QED) is 0.619. The van der Waals surface area contributed by atoms with Gasteiger partial charge in [0.25, 0.3) is 11.8 Å². The minimum atomic E-state index is -0.539. The van der Waals surface area contributed by atoms with E-state index in [2.05, 4.69) is 4.99 Å². The second-order valence-electron chi connectivity index (χ2n) is 9.35. The number of likely N-dealkylation sites (tertiary alicyclic amines) is 1. The number of dihydropyridines is 1. The average molecular weight is 522 g/mol. The number of aliphatic hydroxyl groups excluding tert-OH is 1. The summed E-state index contributed by atoms with van der Waals surface area (Å²) in [5.41, 5.74) is 3.17. The number of aliphatic hydroxyl groups is 1. The summed E-state index contributed by atoms with van der Waals surface area (Å²) in [4.78, 5) is 45.3. The summed E-state index contributed by atoms with van der Waals surface area (Å²) in [5.74, 6) is -1.40. The van der Waals surface area contributed by atoms with Crippen LogP contribution in [-0.2, 0) is 20.7 Å². The molecule has 3 amide bonds. The maximum atomic E-state index is 13.6. The van der Waals surface area contributed by atoms with Crippen LogP contribution in [-0.4, -0.2) is 78.2 Å². The molecule has 3 aliphatic rings. The molecular weight excluding hydrogens is 493 g/mol. The third-order valence-electron chi connectivity index (χ3n) is 7.15. The van der Waals surface area contributed by atoms with Crippen molar-refractivity contribution in [1.82, 2.24) is 9.80 Å². The Morgan fingerprint density at radius 2 is 2.03 bits per heavy atom. The Balaban J connectivity index is 1.62. The van der Waals surface area contributed by atoms with Crippen molar-refractivity contribution in [3.05, 3.63) is 44.5 Å². The van der Waals surface area contributed by atoms with E-state index in [0.717, 1.165) is 5.57 Å². The Bertz CT molecular complexity index is 1130. The first-order valence-electron chi connectivity index (χ1n) is 11.6. The van der Waals surface area contributed by atoms with Crippen molar-refractivity contribution in [3.63, 3.8) is 0 Å². The fourth-order valence-electron chi connectivity index (χ4n) is 5.32. The number of hydrogen-bond acceptors (Lipinski definition) is 5. The standard InChI is InChI=1S/C25H29Cl2N3O5/c1-13-8-14(2)28-24(33)18(13)11-30-7-5-16-19(26)9-17(22(27)21(16)25(30)34)23(35-3)15-4-6-29(10-15)20(32)12-31/h8-9,15,18,23,31H,4-7,10-12H2,1-3H3. The Hall–Kier alpha value is -2.26. The fraction of sp³-hybridized carbons (Fsp3) is 0.520. The highest BCUT2D eigenvalue weighted by molar-refractivity contribution is 6.37. The molecule has 0 spiro atoms. The van der Waals surface area contributed by atoms with Gasteiger partial charge < -0.3 is 19.6 Å². The first-order chi connectivity index (χ1) is 16.7. The van der Waals surface area contributed by atoms with Gasteiger partial charge in [0.15, 0.2) is 0 Å². The van der Waals surface area contributed by atoms with Crippen molar-refractivity contribution >= 4 is 46.6 Å². The third kappa shape index (κ3) is 4.89. The highest BCUT2D eigenvalue weighted by Gasteiger charge is 2.38. The van der Waals surface area contributed by atoms with Crippen LogP contribution in [0.25, 0.3) is 0 Å². The lowest BCUT2D eigenvalue weighted by molar-refractivity contribution is -0.133. The minimum Gasteiger partial charge on any atom is -0.387 e. The van der Waals surface area contributed by atoms with Gasteiger partial charge >= 0.3 is 0 Å². The zero-order valence-corrected chi connectivity index (χ0v) is 21.5.